The molecule has 2 rings (SSSR count). The zero-order chi connectivity index (χ0) is 13.0. The second-order valence-corrected chi connectivity index (χ2v) is 4.44. The predicted octanol–water partition coefficient (Wildman–Crippen LogP) is 1.34. The number of carbonyl (C=O) groups excluding carboxylic acids is 2. The van der Waals surface area contributed by atoms with E-state index in [2.05, 4.69) is 10.9 Å². The molecule has 5 heteroatoms. The number of hydrazine groups is 1. The van der Waals surface area contributed by atoms with E-state index in [0.717, 1.165) is 25.7 Å². The fourth-order valence-corrected chi connectivity index (χ4v) is 2.14. The normalized spacial score (nSPS) is 15.3. The molecule has 0 atom stereocenters. The molecule has 2 amide bonds. The van der Waals surface area contributed by atoms with E-state index in [1.807, 2.05) is 0 Å². The van der Waals surface area contributed by atoms with Gasteiger partial charge in [0.2, 0.25) is 5.91 Å². The molecule has 1 aliphatic rings. The maximum Gasteiger partial charge on any atom is 0.273 e. The molecule has 1 aromatic carbocycles. The van der Waals surface area contributed by atoms with E-state index in [-0.39, 0.29) is 23.1 Å². The van der Waals surface area contributed by atoms with E-state index in [4.69, 9.17) is 0 Å². The largest absolute Gasteiger partial charge is 0.507 e. The summed E-state index contributed by atoms with van der Waals surface area (Å²) in [5.41, 5.74) is 4.86. The van der Waals surface area contributed by atoms with Gasteiger partial charge in [-0.2, -0.15) is 0 Å². The number of rotatable bonds is 2. The molecule has 0 spiro atoms. The topological polar surface area (TPSA) is 78.4 Å². The third kappa shape index (κ3) is 2.80. The van der Waals surface area contributed by atoms with Crippen LogP contribution in [0, 0.1) is 5.92 Å². The van der Waals surface area contributed by atoms with Gasteiger partial charge < -0.3 is 5.11 Å². The number of para-hydroxylation sites is 1. The van der Waals surface area contributed by atoms with Crippen LogP contribution in [0.5, 0.6) is 5.75 Å². The van der Waals surface area contributed by atoms with Gasteiger partial charge in [-0.25, -0.2) is 0 Å². The lowest BCUT2D eigenvalue weighted by molar-refractivity contribution is -0.125. The Labute approximate surface area is 105 Å². The molecule has 0 aromatic heterocycles. The van der Waals surface area contributed by atoms with Crippen molar-refractivity contribution in [2.24, 2.45) is 5.92 Å². The van der Waals surface area contributed by atoms with Crippen molar-refractivity contribution in [2.45, 2.75) is 25.7 Å². The minimum Gasteiger partial charge on any atom is -0.507 e. The fraction of sp³-hybridized carbons (Fsp3) is 0.385. The van der Waals surface area contributed by atoms with Crippen molar-refractivity contribution in [2.75, 3.05) is 0 Å². The first kappa shape index (κ1) is 12.4. The van der Waals surface area contributed by atoms with E-state index in [0.29, 0.717) is 0 Å². The summed E-state index contributed by atoms with van der Waals surface area (Å²) in [6, 6.07) is 6.19. The lowest BCUT2D eigenvalue weighted by atomic mass is 10.1. The van der Waals surface area contributed by atoms with Crippen LogP contribution in [0.15, 0.2) is 24.3 Å². The van der Waals surface area contributed by atoms with E-state index in [9.17, 15) is 14.7 Å². The van der Waals surface area contributed by atoms with E-state index in [1.54, 1.807) is 12.1 Å². The highest BCUT2D eigenvalue weighted by Crippen LogP contribution is 2.24. The molecule has 1 fully saturated rings. The van der Waals surface area contributed by atoms with Gasteiger partial charge in [0.05, 0.1) is 5.56 Å². The van der Waals surface area contributed by atoms with Gasteiger partial charge in [-0.15, -0.1) is 0 Å². The Hall–Kier alpha value is -2.04. The number of carbonyl (C=O) groups is 2. The first-order chi connectivity index (χ1) is 8.68. The van der Waals surface area contributed by atoms with Crippen LogP contribution in [0.4, 0.5) is 0 Å². The van der Waals surface area contributed by atoms with Gasteiger partial charge in [-0.05, 0) is 25.0 Å². The molecule has 5 nitrogen and oxygen atoms in total. The Morgan fingerprint density at radius 3 is 2.44 bits per heavy atom. The van der Waals surface area contributed by atoms with Crippen molar-refractivity contribution in [1.82, 2.24) is 10.9 Å². The first-order valence-corrected chi connectivity index (χ1v) is 6.06. The average molecular weight is 248 g/mol. The third-order valence-corrected chi connectivity index (χ3v) is 3.17. The van der Waals surface area contributed by atoms with Crippen molar-refractivity contribution >= 4 is 11.8 Å². The summed E-state index contributed by atoms with van der Waals surface area (Å²) >= 11 is 0. The van der Waals surface area contributed by atoms with Gasteiger partial charge in [0.15, 0.2) is 0 Å². The van der Waals surface area contributed by atoms with Gasteiger partial charge in [0.25, 0.3) is 5.91 Å². The monoisotopic (exact) mass is 248 g/mol. The number of amides is 2. The second kappa shape index (κ2) is 5.53. The number of aromatic hydroxyl groups is 1. The molecule has 96 valence electrons. The molecular formula is C13H16N2O3. The average Bonchev–Trinajstić information content (AvgIpc) is 2.90. The van der Waals surface area contributed by atoms with Crippen molar-refractivity contribution in [1.29, 1.82) is 0 Å². The summed E-state index contributed by atoms with van der Waals surface area (Å²) in [6.07, 6.45) is 3.87. The van der Waals surface area contributed by atoms with Crippen LogP contribution in [0.1, 0.15) is 36.0 Å². The highest BCUT2D eigenvalue weighted by atomic mass is 16.3. The number of phenols is 1. The van der Waals surface area contributed by atoms with Crippen molar-refractivity contribution in [3.05, 3.63) is 29.8 Å². The van der Waals surface area contributed by atoms with Crippen LogP contribution in [-0.2, 0) is 4.79 Å². The quantitative estimate of drug-likeness (QED) is 0.691. The third-order valence-electron chi connectivity index (χ3n) is 3.17. The molecule has 0 radical (unpaired) electrons. The summed E-state index contributed by atoms with van der Waals surface area (Å²) in [5.74, 6) is -0.782. The Kier molecular flexibility index (Phi) is 3.82. The van der Waals surface area contributed by atoms with Crippen molar-refractivity contribution < 1.29 is 14.7 Å². The molecular weight excluding hydrogens is 232 g/mol. The number of phenolic OH excluding ortho intramolecular Hbond substituents is 1. The maximum atomic E-state index is 11.7. The van der Waals surface area contributed by atoms with Crippen LogP contribution in [0.25, 0.3) is 0 Å². The Balaban J connectivity index is 1.88. The summed E-state index contributed by atoms with van der Waals surface area (Å²) in [6.45, 7) is 0. The Bertz CT molecular complexity index is 453. The van der Waals surface area contributed by atoms with Crippen LogP contribution in [-0.4, -0.2) is 16.9 Å². The van der Waals surface area contributed by atoms with Gasteiger partial charge in [-0.3, -0.25) is 20.4 Å². The van der Waals surface area contributed by atoms with Gasteiger partial charge in [0, 0.05) is 5.92 Å². The van der Waals surface area contributed by atoms with Crippen LogP contribution in [0.3, 0.4) is 0 Å². The van der Waals surface area contributed by atoms with Crippen LogP contribution < -0.4 is 10.9 Å². The molecule has 0 aliphatic heterocycles. The molecule has 3 N–H and O–H groups in total. The van der Waals surface area contributed by atoms with Gasteiger partial charge in [-0.1, -0.05) is 25.0 Å². The standard InChI is InChI=1S/C13H16N2O3/c16-11-8-4-3-7-10(11)13(18)15-14-12(17)9-5-1-2-6-9/h3-4,7-9,16H,1-2,5-6H2,(H,14,17)(H,15,18). The smallest absolute Gasteiger partial charge is 0.273 e. The summed E-state index contributed by atoms with van der Waals surface area (Å²) in [4.78, 5) is 23.4. The molecule has 0 saturated heterocycles. The Morgan fingerprint density at radius 2 is 1.78 bits per heavy atom. The van der Waals surface area contributed by atoms with Crippen LogP contribution >= 0.6 is 0 Å². The second-order valence-electron chi connectivity index (χ2n) is 4.44. The lowest BCUT2D eigenvalue weighted by Crippen LogP contribution is -2.44. The first-order valence-electron chi connectivity index (χ1n) is 6.06. The molecule has 0 bridgehead atoms. The number of hydrogen-bond acceptors (Lipinski definition) is 3. The van der Waals surface area contributed by atoms with E-state index in [1.165, 1.54) is 12.1 Å². The SMILES string of the molecule is O=C(NNC(=O)C1CCCC1)c1ccccc1O. The zero-order valence-electron chi connectivity index (χ0n) is 9.98. The number of benzene rings is 1. The Morgan fingerprint density at radius 1 is 1.11 bits per heavy atom. The molecule has 1 saturated carbocycles. The molecule has 1 aromatic rings. The molecule has 1 aliphatic carbocycles. The van der Waals surface area contributed by atoms with Crippen LogP contribution in [0.2, 0.25) is 0 Å². The molecule has 0 heterocycles. The number of hydrogen-bond donors (Lipinski definition) is 3. The summed E-state index contributed by atoms with van der Waals surface area (Å²) in [5, 5.41) is 9.48. The zero-order valence-corrected chi connectivity index (χ0v) is 9.98. The summed E-state index contributed by atoms with van der Waals surface area (Å²) in [7, 11) is 0. The highest BCUT2D eigenvalue weighted by Gasteiger charge is 2.23. The maximum absolute atomic E-state index is 11.7. The fourth-order valence-electron chi connectivity index (χ4n) is 2.14. The molecule has 0 unspecified atom stereocenters. The van der Waals surface area contributed by atoms with E-state index >= 15 is 0 Å². The minimum atomic E-state index is -0.514. The van der Waals surface area contributed by atoms with Gasteiger partial charge >= 0.3 is 0 Å². The predicted molar refractivity (Wildman–Crippen MR) is 65.7 cm³/mol. The lowest BCUT2D eigenvalue weighted by Gasteiger charge is -2.11. The highest BCUT2D eigenvalue weighted by molar-refractivity contribution is 5.97. The minimum absolute atomic E-state index is 0.00493. The summed E-state index contributed by atoms with van der Waals surface area (Å²) < 4.78 is 0. The number of nitrogens with one attached hydrogen (secondary N) is 2. The molecule has 18 heavy (non-hydrogen) atoms. The van der Waals surface area contributed by atoms with Crippen molar-refractivity contribution in [3.63, 3.8) is 0 Å². The van der Waals surface area contributed by atoms with Crippen molar-refractivity contribution in [3.8, 4) is 5.75 Å². The van der Waals surface area contributed by atoms with E-state index < -0.39 is 5.91 Å². The van der Waals surface area contributed by atoms with Gasteiger partial charge in [0.1, 0.15) is 5.75 Å².